The third-order valence-corrected chi connectivity index (χ3v) is 6.42. The minimum Gasteiger partial charge on any atom is -0.339 e. The molecule has 0 bridgehead atoms. The van der Waals surface area contributed by atoms with Crippen molar-refractivity contribution in [2.24, 2.45) is 0 Å². The number of fused-ring (bicyclic) bond motifs is 1. The Hall–Kier alpha value is -1.75. The SMILES string of the molecule is O=C(c1ccccc1F)N1CCC(c2nc3c(s2)CCCC3)CC1. The van der Waals surface area contributed by atoms with Gasteiger partial charge in [0.25, 0.3) is 5.91 Å². The van der Waals surface area contributed by atoms with E-state index in [9.17, 15) is 9.18 Å². The number of carbonyl (C=O) groups excluding carboxylic acids is 1. The molecule has 1 aromatic heterocycles. The van der Waals surface area contributed by atoms with Crippen LogP contribution in [0.3, 0.4) is 0 Å². The maximum Gasteiger partial charge on any atom is 0.256 e. The first kappa shape index (κ1) is 15.8. The van der Waals surface area contributed by atoms with Gasteiger partial charge in [0.05, 0.1) is 16.3 Å². The van der Waals surface area contributed by atoms with E-state index in [1.54, 1.807) is 23.1 Å². The number of nitrogens with zero attached hydrogens (tertiary/aromatic N) is 2. The molecule has 2 heterocycles. The molecule has 3 nitrogen and oxygen atoms in total. The molecule has 0 radical (unpaired) electrons. The number of thiazole rings is 1. The standard InChI is InChI=1S/C19H21FN2OS/c20-15-6-2-1-5-14(15)19(23)22-11-9-13(10-12-22)18-21-16-7-3-4-8-17(16)24-18/h1-2,5-6,13H,3-4,7-12H2. The molecule has 1 aromatic carbocycles. The zero-order valence-electron chi connectivity index (χ0n) is 13.6. The summed E-state index contributed by atoms with van der Waals surface area (Å²) in [7, 11) is 0. The van der Waals surface area contributed by atoms with Crippen LogP contribution in [0.1, 0.15) is 57.5 Å². The molecule has 1 aliphatic carbocycles. The Labute approximate surface area is 145 Å². The lowest BCUT2D eigenvalue weighted by molar-refractivity contribution is 0.0708. The number of aromatic nitrogens is 1. The van der Waals surface area contributed by atoms with Crippen LogP contribution in [0, 0.1) is 5.82 Å². The Morgan fingerprint density at radius 2 is 1.92 bits per heavy atom. The number of rotatable bonds is 2. The van der Waals surface area contributed by atoms with E-state index in [4.69, 9.17) is 4.98 Å². The molecule has 2 aliphatic rings. The quantitative estimate of drug-likeness (QED) is 0.819. The Kier molecular flexibility index (Phi) is 4.35. The first-order chi connectivity index (χ1) is 11.7. The lowest BCUT2D eigenvalue weighted by Crippen LogP contribution is -2.38. The maximum atomic E-state index is 13.8. The molecule has 1 saturated heterocycles. The van der Waals surface area contributed by atoms with E-state index in [0.29, 0.717) is 19.0 Å². The zero-order valence-corrected chi connectivity index (χ0v) is 14.4. The van der Waals surface area contributed by atoms with Crippen LogP contribution in [0.2, 0.25) is 0 Å². The fourth-order valence-corrected chi connectivity index (χ4v) is 5.00. The van der Waals surface area contributed by atoms with E-state index >= 15 is 0 Å². The number of likely N-dealkylation sites (tertiary alicyclic amines) is 1. The van der Waals surface area contributed by atoms with E-state index < -0.39 is 5.82 Å². The fourth-order valence-electron chi connectivity index (χ4n) is 3.68. The molecular formula is C19H21FN2OS. The Morgan fingerprint density at radius 1 is 1.17 bits per heavy atom. The molecular weight excluding hydrogens is 323 g/mol. The predicted octanol–water partition coefficient (Wildman–Crippen LogP) is 4.18. The highest BCUT2D eigenvalue weighted by Crippen LogP contribution is 2.35. The molecule has 5 heteroatoms. The average Bonchev–Trinajstić information content (AvgIpc) is 3.06. The van der Waals surface area contributed by atoms with Crippen molar-refractivity contribution >= 4 is 17.2 Å². The second-order valence-electron chi connectivity index (χ2n) is 6.68. The molecule has 24 heavy (non-hydrogen) atoms. The summed E-state index contributed by atoms with van der Waals surface area (Å²) in [6.45, 7) is 1.37. The molecule has 4 rings (SSSR count). The number of aryl methyl sites for hydroxylation is 2. The Morgan fingerprint density at radius 3 is 2.67 bits per heavy atom. The highest BCUT2D eigenvalue weighted by molar-refractivity contribution is 7.11. The van der Waals surface area contributed by atoms with Crippen molar-refractivity contribution in [3.63, 3.8) is 0 Å². The van der Waals surface area contributed by atoms with Crippen LogP contribution in [0.4, 0.5) is 4.39 Å². The average molecular weight is 344 g/mol. The number of halogens is 1. The summed E-state index contributed by atoms with van der Waals surface area (Å²) < 4.78 is 13.8. The van der Waals surface area contributed by atoms with Crippen molar-refractivity contribution in [1.82, 2.24) is 9.88 Å². The van der Waals surface area contributed by atoms with Gasteiger partial charge in [-0.15, -0.1) is 11.3 Å². The van der Waals surface area contributed by atoms with Crippen LogP contribution in [-0.2, 0) is 12.8 Å². The third kappa shape index (κ3) is 2.97. The van der Waals surface area contributed by atoms with Gasteiger partial charge in [-0.25, -0.2) is 9.37 Å². The van der Waals surface area contributed by atoms with E-state index in [0.717, 1.165) is 19.3 Å². The monoisotopic (exact) mass is 344 g/mol. The highest BCUT2D eigenvalue weighted by atomic mass is 32.1. The van der Waals surface area contributed by atoms with Gasteiger partial charge in [0, 0.05) is 23.9 Å². The lowest BCUT2D eigenvalue weighted by Gasteiger charge is -2.31. The van der Waals surface area contributed by atoms with Gasteiger partial charge in [0.15, 0.2) is 0 Å². The van der Waals surface area contributed by atoms with E-state index in [1.165, 1.54) is 40.9 Å². The normalized spacial score (nSPS) is 18.5. The first-order valence-electron chi connectivity index (χ1n) is 8.74. The van der Waals surface area contributed by atoms with Gasteiger partial charge in [-0.2, -0.15) is 0 Å². The van der Waals surface area contributed by atoms with Crippen LogP contribution in [0.5, 0.6) is 0 Å². The lowest BCUT2D eigenvalue weighted by atomic mass is 9.96. The highest BCUT2D eigenvalue weighted by Gasteiger charge is 2.28. The zero-order chi connectivity index (χ0) is 16.5. The summed E-state index contributed by atoms with van der Waals surface area (Å²) in [6.07, 6.45) is 6.68. The summed E-state index contributed by atoms with van der Waals surface area (Å²) in [5, 5.41) is 1.25. The van der Waals surface area contributed by atoms with Crippen LogP contribution in [0.15, 0.2) is 24.3 Å². The number of benzene rings is 1. The molecule has 0 N–H and O–H groups in total. The topological polar surface area (TPSA) is 33.2 Å². The largest absolute Gasteiger partial charge is 0.339 e. The molecule has 1 amide bonds. The molecule has 1 fully saturated rings. The first-order valence-corrected chi connectivity index (χ1v) is 9.56. The van der Waals surface area contributed by atoms with E-state index in [1.807, 2.05) is 11.3 Å². The van der Waals surface area contributed by atoms with Gasteiger partial charge in [0.1, 0.15) is 5.82 Å². The maximum absolute atomic E-state index is 13.8. The van der Waals surface area contributed by atoms with Crippen molar-refractivity contribution < 1.29 is 9.18 Å². The molecule has 0 atom stereocenters. The van der Waals surface area contributed by atoms with E-state index in [2.05, 4.69) is 0 Å². The summed E-state index contributed by atoms with van der Waals surface area (Å²) in [5.41, 5.74) is 1.49. The second kappa shape index (κ2) is 6.63. The second-order valence-corrected chi connectivity index (χ2v) is 7.79. The smallest absolute Gasteiger partial charge is 0.256 e. The Bertz CT molecular complexity index is 726. The summed E-state index contributed by atoms with van der Waals surface area (Å²) in [6, 6.07) is 6.24. The molecule has 2 aromatic rings. The number of hydrogen-bond donors (Lipinski definition) is 0. The summed E-state index contributed by atoms with van der Waals surface area (Å²) in [5.74, 6) is -0.174. The Balaban J connectivity index is 1.42. The minimum atomic E-state index is -0.433. The van der Waals surface area contributed by atoms with Gasteiger partial charge in [-0.1, -0.05) is 12.1 Å². The molecule has 126 valence electrons. The minimum absolute atomic E-state index is 0.181. The van der Waals surface area contributed by atoms with Gasteiger partial charge >= 0.3 is 0 Å². The van der Waals surface area contributed by atoms with Crippen LogP contribution in [0.25, 0.3) is 0 Å². The van der Waals surface area contributed by atoms with Crippen molar-refractivity contribution in [1.29, 1.82) is 0 Å². The predicted molar refractivity (Wildman–Crippen MR) is 93.0 cm³/mol. The molecule has 0 saturated carbocycles. The summed E-state index contributed by atoms with van der Waals surface area (Å²) in [4.78, 5) is 20.6. The van der Waals surface area contributed by atoms with Gasteiger partial charge in [-0.3, -0.25) is 4.79 Å². The van der Waals surface area contributed by atoms with Crippen LogP contribution >= 0.6 is 11.3 Å². The van der Waals surface area contributed by atoms with Crippen LogP contribution < -0.4 is 0 Å². The molecule has 0 unspecified atom stereocenters. The van der Waals surface area contributed by atoms with Gasteiger partial charge in [0.2, 0.25) is 0 Å². The number of hydrogen-bond acceptors (Lipinski definition) is 3. The van der Waals surface area contributed by atoms with Gasteiger partial charge < -0.3 is 4.90 Å². The number of amides is 1. The fraction of sp³-hybridized carbons (Fsp3) is 0.474. The van der Waals surface area contributed by atoms with Crippen molar-refractivity contribution in [2.75, 3.05) is 13.1 Å². The summed E-state index contributed by atoms with van der Waals surface area (Å²) >= 11 is 1.88. The van der Waals surface area contributed by atoms with Gasteiger partial charge in [-0.05, 0) is 50.7 Å². The molecule has 1 aliphatic heterocycles. The number of carbonyl (C=O) groups is 1. The number of piperidine rings is 1. The molecule has 0 spiro atoms. The van der Waals surface area contributed by atoms with E-state index in [-0.39, 0.29) is 11.5 Å². The van der Waals surface area contributed by atoms with Crippen molar-refractivity contribution in [3.8, 4) is 0 Å². The third-order valence-electron chi connectivity index (χ3n) is 5.10. The van der Waals surface area contributed by atoms with Crippen molar-refractivity contribution in [3.05, 3.63) is 51.2 Å². The van der Waals surface area contributed by atoms with Crippen LogP contribution in [-0.4, -0.2) is 28.9 Å². The van der Waals surface area contributed by atoms with Crippen molar-refractivity contribution in [2.45, 2.75) is 44.4 Å².